The SMILES string of the molecule is CNC(=O)CN1CCN(C(=O)CCCc2nc3ccccc3s2)CC1. The van der Waals surface area contributed by atoms with E-state index < -0.39 is 0 Å². The number of nitrogens with one attached hydrogen (secondary N) is 1. The molecule has 1 fully saturated rings. The number of rotatable bonds is 6. The summed E-state index contributed by atoms with van der Waals surface area (Å²) in [5.41, 5.74) is 1.04. The van der Waals surface area contributed by atoms with Gasteiger partial charge in [0.05, 0.1) is 21.8 Å². The number of nitrogens with zero attached hydrogens (tertiary/aromatic N) is 3. The summed E-state index contributed by atoms with van der Waals surface area (Å²) in [4.78, 5) is 32.4. The van der Waals surface area contributed by atoms with Gasteiger partial charge in [-0.3, -0.25) is 14.5 Å². The zero-order chi connectivity index (χ0) is 17.6. The topological polar surface area (TPSA) is 65.5 Å². The van der Waals surface area contributed by atoms with Crippen LogP contribution >= 0.6 is 11.3 Å². The van der Waals surface area contributed by atoms with Crippen molar-refractivity contribution in [3.63, 3.8) is 0 Å². The summed E-state index contributed by atoms with van der Waals surface area (Å²) in [7, 11) is 1.65. The zero-order valence-electron chi connectivity index (χ0n) is 14.5. The molecular formula is C18H24N4O2S. The number of aromatic nitrogens is 1. The molecule has 1 aromatic carbocycles. The first-order valence-electron chi connectivity index (χ1n) is 8.71. The maximum Gasteiger partial charge on any atom is 0.233 e. The summed E-state index contributed by atoms with van der Waals surface area (Å²) >= 11 is 1.71. The molecule has 0 atom stereocenters. The molecule has 6 nitrogen and oxygen atoms in total. The van der Waals surface area contributed by atoms with Crippen LogP contribution in [0.15, 0.2) is 24.3 Å². The minimum Gasteiger partial charge on any atom is -0.358 e. The van der Waals surface area contributed by atoms with Crippen molar-refractivity contribution in [3.8, 4) is 0 Å². The Bertz CT molecular complexity index is 705. The van der Waals surface area contributed by atoms with Gasteiger partial charge in [0.25, 0.3) is 0 Å². The molecule has 1 aliphatic rings. The molecule has 2 aromatic rings. The van der Waals surface area contributed by atoms with Crippen molar-refractivity contribution in [2.75, 3.05) is 39.8 Å². The fourth-order valence-electron chi connectivity index (χ4n) is 3.01. The van der Waals surface area contributed by atoms with E-state index in [0.717, 1.165) is 36.5 Å². The number of carbonyl (C=O) groups is 2. The smallest absolute Gasteiger partial charge is 0.233 e. The molecule has 2 amide bonds. The molecule has 134 valence electrons. The number of benzene rings is 1. The molecule has 1 N–H and O–H groups in total. The van der Waals surface area contributed by atoms with E-state index in [0.29, 0.717) is 26.1 Å². The van der Waals surface area contributed by atoms with Crippen LogP contribution in [0.1, 0.15) is 17.8 Å². The Morgan fingerprint density at radius 2 is 1.96 bits per heavy atom. The number of thiazole rings is 1. The number of amides is 2. The van der Waals surface area contributed by atoms with E-state index in [1.165, 1.54) is 4.70 Å². The quantitative estimate of drug-likeness (QED) is 0.848. The van der Waals surface area contributed by atoms with Crippen LogP contribution in [0.4, 0.5) is 0 Å². The van der Waals surface area contributed by atoms with Crippen molar-refractivity contribution in [2.45, 2.75) is 19.3 Å². The summed E-state index contributed by atoms with van der Waals surface area (Å²) in [5.74, 6) is 0.233. The molecule has 3 rings (SSSR count). The molecule has 0 aliphatic carbocycles. The summed E-state index contributed by atoms with van der Waals surface area (Å²) < 4.78 is 1.20. The van der Waals surface area contributed by atoms with Crippen molar-refractivity contribution in [2.24, 2.45) is 0 Å². The van der Waals surface area contributed by atoms with Gasteiger partial charge < -0.3 is 10.2 Å². The van der Waals surface area contributed by atoms with Gasteiger partial charge in [-0.05, 0) is 25.0 Å². The van der Waals surface area contributed by atoms with Crippen LogP contribution in [0.25, 0.3) is 10.2 Å². The molecule has 0 bridgehead atoms. The lowest BCUT2D eigenvalue weighted by Crippen LogP contribution is -2.50. The number of hydrogen-bond acceptors (Lipinski definition) is 5. The molecular weight excluding hydrogens is 336 g/mol. The van der Waals surface area contributed by atoms with Crippen LogP contribution < -0.4 is 5.32 Å². The summed E-state index contributed by atoms with van der Waals surface area (Å²) in [5, 5.41) is 3.73. The normalized spacial score (nSPS) is 15.5. The van der Waals surface area contributed by atoms with Crippen LogP contribution in [0.2, 0.25) is 0 Å². The maximum atomic E-state index is 12.4. The van der Waals surface area contributed by atoms with Crippen LogP contribution in [-0.4, -0.2) is 66.4 Å². The van der Waals surface area contributed by atoms with Gasteiger partial charge in [0.1, 0.15) is 0 Å². The predicted octanol–water partition coefficient (Wildman–Crippen LogP) is 1.51. The molecule has 25 heavy (non-hydrogen) atoms. The monoisotopic (exact) mass is 360 g/mol. The molecule has 1 aromatic heterocycles. The highest BCUT2D eigenvalue weighted by Gasteiger charge is 2.21. The van der Waals surface area contributed by atoms with Gasteiger partial charge in [0.2, 0.25) is 11.8 Å². The third-order valence-corrected chi connectivity index (χ3v) is 5.59. The first-order valence-corrected chi connectivity index (χ1v) is 9.52. The van der Waals surface area contributed by atoms with E-state index in [1.54, 1.807) is 18.4 Å². The number of fused-ring (bicyclic) bond motifs is 1. The molecule has 0 unspecified atom stereocenters. The van der Waals surface area contributed by atoms with Crippen molar-refractivity contribution in [1.29, 1.82) is 0 Å². The molecule has 7 heteroatoms. The third-order valence-electron chi connectivity index (χ3n) is 4.49. The van der Waals surface area contributed by atoms with E-state index in [1.807, 2.05) is 23.1 Å². The van der Waals surface area contributed by atoms with Crippen molar-refractivity contribution in [3.05, 3.63) is 29.3 Å². The number of para-hydroxylation sites is 1. The number of hydrogen-bond donors (Lipinski definition) is 1. The van der Waals surface area contributed by atoms with E-state index in [4.69, 9.17) is 0 Å². The van der Waals surface area contributed by atoms with Gasteiger partial charge in [-0.25, -0.2) is 4.98 Å². The predicted molar refractivity (Wildman–Crippen MR) is 99.6 cm³/mol. The summed E-state index contributed by atoms with van der Waals surface area (Å²) in [6.45, 7) is 3.35. The molecule has 0 radical (unpaired) electrons. The first-order chi connectivity index (χ1) is 12.2. The van der Waals surface area contributed by atoms with Gasteiger partial charge in [0.15, 0.2) is 0 Å². The lowest BCUT2D eigenvalue weighted by atomic mass is 10.2. The number of aryl methyl sites for hydroxylation is 1. The van der Waals surface area contributed by atoms with E-state index >= 15 is 0 Å². The fraction of sp³-hybridized carbons (Fsp3) is 0.500. The Kier molecular flexibility index (Phi) is 5.99. The molecule has 1 aliphatic heterocycles. The molecule has 0 saturated carbocycles. The Morgan fingerprint density at radius 1 is 1.20 bits per heavy atom. The fourth-order valence-corrected chi connectivity index (χ4v) is 4.02. The van der Waals surface area contributed by atoms with Gasteiger partial charge >= 0.3 is 0 Å². The zero-order valence-corrected chi connectivity index (χ0v) is 15.3. The molecule has 0 spiro atoms. The van der Waals surface area contributed by atoms with Gasteiger partial charge in [-0.15, -0.1) is 11.3 Å². The van der Waals surface area contributed by atoms with Crippen LogP contribution in [0.3, 0.4) is 0 Å². The molecule has 1 saturated heterocycles. The maximum absolute atomic E-state index is 12.4. The average Bonchev–Trinajstić information content (AvgIpc) is 3.05. The number of likely N-dealkylation sites (N-methyl/N-ethyl adjacent to an activating group) is 1. The van der Waals surface area contributed by atoms with Crippen molar-refractivity contribution in [1.82, 2.24) is 20.1 Å². The van der Waals surface area contributed by atoms with E-state index in [2.05, 4.69) is 21.3 Å². The third kappa shape index (κ3) is 4.76. The second-order valence-corrected chi connectivity index (χ2v) is 7.37. The summed E-state index contributed by atoms with van der Waals surface area (Å²) in [6.07, 6.45) is 2.24. The van der Waals surface area contributed by atoms with Crippen LogP contribution in [0.5, 0.6) is 0 Å². The lowest BCUT2D eigenvalue weighted by Gasteiger charge is -2.34. The highest BCUT2D eigenvalue weighted by Crippen LogP contribution is 2.22. The largest absolute Gasteiger partial charge is 0.358 e. The Morgan fingerprint density at radius 3 is 2.68 bits per heavy atom. The molecule has 2 heterocycles. The number of piperazine rings is 1. The van der Waals surface area contributed by atoms with Crippen molar-refractivity contribution < 1.29 is 9.59 Å². The van der Waals surface area contributed by atoms with Gasteiger partial charge in [0, 0.05) is 39.6 Å². The number of carbonyl (C=O) groups excluding carboxylic acids is 2. The van der Waals surface area contributed by atoms with Crippen LogP contribution in [-0.2, 0) is 16.0 Å². The second-order valence-electron chi connectivity index (χ2n) is 6.26. The highest BCUT2D eigenvalue weighted by atomic mass is 32.1. The standard InChI is InChI=1S/C18H24N4O2S/c1-19-16(23)13-21-9-11-22(12-10-21)18(24)8-4-7-17-20-14-5-2-3-6-15(14)25-17/h2-3,5-6H,4,7-13H2,1H3,(H,19,23). The lowest BCUT2D eigenvalue weighted by molar-refractivity contribution is -0.133. The van der Waals surface area contributed by atoms with Gasteiger partial charge in [-0.1, -0.05) is 12.1 Å². The summed E-state index contributed by atoms with van der Waals surface area (Å²) in [6, 6.07) is 8.13. The first kappa shape index (κ1) is 17.8. The Labute approximate surface area is 151 Å². The minimum atomic E-state index is 0.0237. The minimum absolute atomic E-state index is 0.0237. The second kappa shape index (κ2) is 8.40. The van der Waals surface area contributed by atoms with E-state index in [-0.39, 0.29) is 11.8 Å². The highest BCUT2D eigenvalue weighted by molar-refractivity contribution is 7.18. The van der Waals surface area contributed by atoms with E-state index in [9.17, 15) is 9.59 Å². The Hall–Kier alpha value is -1.99. The van der Waals surface area contributed by atoms with Gasteiger partial charge in [-0.2, -0.15) is 0 Å². The average molecular weight is 360 g/mol. The Balaban J connectivity index is 1.40. The van der Waals surface area contributed by atoms with Crippen LogP contribution in [0, 0.1) is 0 Å². The van der Waals surface area contributed by atoms with Crippen molar-refractivity contribution >= 4 is 33.4 Å².